The molecule has 0 aliphatic rings. The second-order valence-electron chi connectivity index (χ2n) is 3.62. The third kappa shape index (κ3) is 2.62. The Kier molecular flexibility index (Phi) is 4.17. The summed E-state index contributed by atoms with van der Waals surface area (Å²) in [6.45, 7) is 0. The zero-order chi connectivity index (χ0) is 14.0. The molecular formula is C13H10BrClO4. The summed E-state index contributed by atoms with van der Waals surface area (Å²) in [6, 6.07) is 4.72. The average Bonchev–Trinajstić information content (AvgIpc) is 2.83. The van der Waals surface area contributed by atoms with E-state index in [0.29, 0.717) is 26.6 Å². The first-order valence-corrected chi connectivity index (χ1v) is 6.44. The molecule has 2 rings (SSSR count). The van der Waals surface area contributed by atoms with Crippen LogP contribution in [-0.4, -0.2) is 20.0 Å². The minimum absolute atomic E-state index is 0.211. The first-order valence-electron chi connectivity index (χ1n) is 5.27. The van der Waals surface area contributed by atoms with Crippen LogP contribution in [0.15, 0.2) is 33.4 Å². The van der Waals surface area contributed by atoms with Gasteiger partial charge in [0.2, 0.25) is 5.78 Å². The quantitative estimate of drug-likeness (QED) is 0.787. The van der Waals surface area contributed by atoms with Crippen molar-refractivity contribution < 1.29 is 18.7 Å². The molecule has 0 saturated carbocycles. The van der Waals surface area contributed by atoms with Gasteiger partial charge in [-0.25, -0.2) is 0 Å². The van der Waals surface area contributed by atoms with Crippen LogP contribution in [0.3, 0.4) is 0 Å². The maximum Gasteiger partial charge on any atom is 0.229 e. The highest BCUT2D eigenvalue weighted by Crippen LogP contribution is 2.37. The minimum atomic E-state index is -0.292. The first-order chi connectivity index (χ1) is 9.08. The number of carbonyl (C=O) groups is 1. The Morgan fingerprint density at radius 1 is 1.32 bits per heavy atom. The Morgan fingerprint density at radius 2 is 2.05 bits per heavy atom. The zero-order valence-corrected chi connectivity index (χ0v) is 12.5. The fourth-order valence-electron chi connectivity index (χ4n) is 1.64. The summed E-state index contributed by atoms with van der Waals surface area (Å²) in [5, 5.41) is 0.299. The fourth-order valence-corrected chi connectivity index (χ4v) is 2.31. The lowest BCUT2D eigenvalue weighted by Gasteiger charge is -2.10. The second-order valence-corrected chi connectivity index (χ2v) is 4.88. The molecule has 0 spiro atoms. The monoisotopic (exact) mass is 344 g/mol. The van der Waals surface area contributed by atoms with Crippen molar-refractivity contribution >= 4 is 33.3 Å². The van der Waals surface area contributed by atoms with Gasteiger partial charge in [-0.1, -0.05) is 11.6 Å². The molecule has 0 amide bonds. The van der Waals surface area contributed by atoms with Crippen LogP contribution < -0.4 is 9.47 Å². The Hall–Kier alpha value is -1.46. The number of rotatable bonds is 4. The molecule has 0 N–H and O–H groups in total. The Bertz CT molecular complexity index is 621. The summed E-state index contributed by atoms with van der Waals surface area (Å²) in [7, 11) is 2.96. The van der Waals surface area contributed by atoms with Crippen LogP contribution in [-0.2, 0) is 0 Å². The predicted molar refractivity (Wildman–Crippen MR) is 74.4 cm³/mol. The van der Waals surface area contributed by atoms with E-state index in [0.717, 1.165) is 0 Å². The lowest BCUT2D eigenvalue weighted by molar-refractivity contribution is 0.101. The van der Waals surface area contributed by atoms with E-state index in [-0.39, 0.29) is 11.5 Å². The number of halogens is 2. The van der Waals surface area contributed by atoms with Gasteiger partial charge in [0, 0.05) is 5.56 Å². The van der Waals surface area contributed by atoms with E-state index in [1.54, 1.807) is 12.1 Å². The van der Waals surface area contributed by atoms with Crippen molar-refractivity contribution in [3.05, 3.63) is 45.3 Å². The van der Waals surface area contributed by atoms with E-state index in [1.807, 2.05) is 0 Å². The van der Waals surface area contributed by atoms with Crippen molar-refractivity contribution in [3.63, 3.8) is 0 Å². The van der Waals surface area contributed by atoms with Crippen LogP contribution in [0.1, 0.15) is 16.1 Å². The smallest absolute Gasteiger partial charge is 0.229 e. The Morgan fingerprint density at radius 3 is 2.58 bits per heavy atom. The normalized spacial score (nSPS) is 10.3. The van der Waals surface area contributed by atoms with Gasteiger partial charge >= 0.3 is 0 Å². The number of furan rings is 1. The van der Waals surface area contributed by atoms with Gasteiger partial charge in [-0.15, -0.1) is 0 Å². The van der Waals surface area contributed by atoms with Crippen molar-refractivity contribution in [1.29, 1.82) is 0 Å². The van der Waals surface area contributed by atoms with E-state index in [1.165, 1.54) is 26.5 Å². The predicted octanol–water partition coefficient (Wildman–Crippen LogP) is 3.94. The van der Waals surface area contributed by atoms with Gasteiger partial charge in [-0.05, 0) is 34.1 Å². The van der Waals surface area contributed by atoms with Gasteiger partial charge in [0.25, 0.3) is 0 Å². The summed E-state index contributed by atoms with van der Waals surface area (Å²) < 4.78 is 16.0. The summed E-state index contributed by atoms with van der Waals surface area (Å²) in [6.07, 6.45) is 1.43. The molecule has 1 aromatic carbocycles. The number of benzene rings is 1. The van der Waals surface area contributed by atoms with Crippen molar-refractivity contribution in [3.8, 4) is 11.5 Å². The molecule has 0 bridgehead atoms. The van der Waals surface area contributed by atoms with Crippen LogP contribution in [0.25, 0.3) is 0 Å². The molecule has 1 aromatic heterocycles. The van der Waals surface area contributed by atoms with Crippen LogP contribution >= 0.6 is 27.5 Å². The maximum atomic E-state index is 12.3. The lowest BCUT2D eigenvalue weighted by atomic mass is 10.1. The van der Waals surface area contributed by atoms with E-state index in [2.05, 4.69) is 15.9 Å². The van der Waals surface area contributed by atoms with Crippen molar-refractivity contribution in [2.45, 2.75) is 0 Å². The van der Waals surface area contributed by atoms with Gasteiger partial charge in [0.1, 0.15) is 0 Å². The highest BCUT2D eigenvalue weighted by molar-refractivity contribution is 9.10. The largest absolute Gasteiger partial charge is 0.493 e. The molecule has 0 fully saturated rings. The molecule has 19 heavy (non-hydrogen) atoms. The molecule has 0 saturated heterocycles. The number of ketones is 1. The third-order valence-electron chi connectivity index (χ3n) is 2.52. The van der Waals surface area contributed by atoms with Gasteiger partial charge in [0.05, 0.1) is 30.0 Å². The third-order valence-corrected chi connectivity index (χ3v) is 3.42. The van der Waals surface area contributed by atoms with E-state index in [4.69, 9.17) is 25.5 Å². The Balaban J connectivity index is 2.49. The molecule has 0 atom stereocenters. The van der Waals surface area contributed by atoms with Crippen LogP contribution in [0, 0.1) is 0 Å². The van der Waals surface area contributed by atoms with Crippen molar-refractivity contribution in [1.82, 2.24) is 0 Å². The second kappa shape index (κ2) is 5.67. The van der Waals surface area contributed by atoms with Crippen LogP contribution in [0.2, 0.25) is 5.02 Å². The van der Waals surface area contributed by atoms with Gasteiger partial charge in [-0.3, -0.25) is 4.79 Å². The van der Waals surface area contributed by atoms with E-state index in [9.17, 15) is 4.79 Å². The number of ether oxygens (including phenoxy) is 2. The summed E-state index contributed by atoms with van der Waals surface area (Å²) in [4.78, 5) is 12.3. The summed E-state index contributed by atoms with van der Waals surface area (Å²) in [5.41, 5.74) is 0.360. The molecule has 2 aromatic rings. The van der Waals surface area contributed by atoms with E-state index < -0.39 is 0 Å². The van der Waals surface area contributed by atoms with Crippen LogP contribution in [0.4, 0.5) is 0 Å². The van der Waals surface area contributed by atoms with Gasteiger partial charge in [0.15, 0.2) is 17.3 Å². The molecule has 4 nitrogen and oxygen atoms in total. The van der Waals surface area contributed by atoms with E-state index >= 15 is 0 Å². The number of hydrogen-bond acceptors (Lipinski definition) is 4. The molecule has 6 heteroatoms. The number of hydrogen-bond donors (Lipinski definition) is 0. The minimum Gasteiger partial charge on any atom is -0.493 e. The molecule has 0 aliphatic carbocycles. The molecular weight excluding hydrogens is 335 g/mol. The maximum absolute atomic E-state index is 12.3. The highest BCUT2D eigenvalue weighted by Gasteiger charge is 2.20. The number of carbonyl (C=O) groups excluding carboxylic acids is 1. The standard InChI is InChI=1S/C13H10BrClO4/c1-17-10-6-7(5-9(15)13(10)18-2)11(16)12-8(14)3-4-19-12/h3-6H,1-2H3. The van der Waals surface area contributed by atoms with Gasteiger partial charge in [-0.2, -0.15) is 0 Å². The topological polar surface area (TPSA) is 48.7 Å². The molecule has 100 valence electrons. The highest BCUT2D eigenvalue weighted by atomic mass is 79.9. The Labute approximate surface area is 123 Å². The van der Waals surface area contributed by atoms with Gasteiger partial charge < -0.3 is 13.9 Å². The lowest BCUT2D eigenvalue weighted by Crippen LogP contribution is -2.02. The first kappa shape index (κ1) is 14.0. The SMILES string of the molecule is COc1cc(C(=O)c2occc2Br)cc(Cl)c1OC. The summed E-state index contributed by atoms with van der Waals surface area (Å²) >= 11 is 9.30. The molecule has 0 radical (unpaired) electrons. The number of methoxy groups -OCH3 is 2. The average molecular weight is 346 g/mol. The van der Waals surface area contributed by atoms with Crippen LogP contribution in [0.5, 0.6) is 11.5 Å². The fraction of sp³-hybridized carbons (Fsp3) is 0.154. The summed E-state index contributed by atoms with van der Waals surface area (Å²) in [5.74, 6) is 0.697. The van der Waals surface area contributed by atoms with Crippen molar-refractivity contribution in [2.75, 3.05) is 14.2 Å². The molecule has 1 heterocycles. The van der Waals surface area contributed by atoms with Crippen molar-refractivity contribution in [2.24, 2.45) is 0 Å². The molecule has 0 aliphatic heterocycles. The zero-order valence-electron chi connectivity index (χ0n) is 10.2. The molecule has 0 unspecified atom stereocenters.